The first-order valence-corrected chi connectivity index (χ1v) is 8.89. The molecule has 1 aromatic heterocycles. The van der Waals surface area contributed by atoms with E-state index in [9.17, 15) is 9.59 Å². The Morgan fingerprint density at radius 2 is 2.08 bits per heavy atom. The number of piperidine rings is 1. The van der Waals surface area contributed by atoms with Crippen LogP contribution in [0.15, 0.2) is 18.3 Å². The van der Waals surface area contributed by atoms with Gasteiger partial charge in [-0.25, -0.2) is 0 Å². The lowest BCUT2D eigenvalue weighted by Gasteiger charge is -2.47. The maximum absolute atomic E-state index is 12.6. The number of morpholine rings is 1. The number of likely N-dealkylation sites (tertiary alicyclic amines) is 1. The van der Waals surface area contributed by atoms with E-state index in [2.05, 4.69) is 0 Å². The summed E-state index contributed by atoms with van der Waals surface area (Å²) in [4.78, 5) is 28.6. The van der Waals surface area contributed by atoms with Gasteiger partial charge >= 0.3 is 0 Å². The summed E-state index contributed by atoms with van der Waals surface area (Å²) in [5.74, 6) is 0.900. The van der Waals surface area contributed by atoms with E-state index in [1.165, 1.54) is 12.8 Å². The van der Waals surface area contributed by atoms with Crippen LogP contribution in [0.25, 0.3) is 0 Å². The van der Waals surface area contributed by atoms with Crippen molar-refractivity contribution in [1.29, 1.82) is 0 Å². The zero-order valence-electron chi connectivity index (χ0n) is 14.2. The molecule has 1 aromatic rings. The van der Waals surface area contributed by atoms with Crippen molar-refractivity contribution in [1.82, 2.24) is 14.4 Å². The normalized spacial score (nSPS) is 23.8. The van der Waals surface area contributed by atoms with Crippen LogP contribution >= 0.6 is 0 Å². The lowest BCUT2D eigenvalue weighted by Crippen LogP contribution is -2.59. The highest BCUT2D eigenvalue weighted by molar-refractivity contribution is 5.92. The van der Waals surface area contributed by atoms with Crippen LogP contribution in [0, 0.1) is 5.92 Å². The Balaban J connectivity index is 1.39. The fourth-order valence-corrected chi connectivity index (χ4v) is 3.83. The molecule has 3 heterocycles. The number of carbonyl (C=O) groups excluding carboxylic acids is 2. The van der Waals surface area contributed by atoms with Gasteiger partial charge in [-0.15, -0.1) is 0 Å². The van der Waals surface area contributed by atoms with E-state index in [0.717, 1.165) is 25.1 Å². The average molecular weight is 331 g/mol. The zero-order valence-corrected chi connectivity index (χ0v) is 14.2. The Labute approximate surface area is 142 Å². The fourth-order valence-electron chi connectivity index (χ4n) is 3.83. The predicted octanol–water partition coefficient (Wildman–Crippen LogP) is 1.27. The minimum Gasteiger partial charge on any atom is -0.363 e. The third kappa shape index (κ3) is 2.95. The lowest BCUT2D eigenvalue weighted by molar-refractivity contribution is -0.170. The summed E-state index contributed by atoms with van der Waals surface area (Å²) in [5, 5.41) is 0. The molecule has 0 aromatic carbocycles. The average Bonchev–Trinajstić information content (AvgIpc) is 3.30. The van der Waals surface area contributed by atoms with Gasteiger partial charge in [-0.3, -0.25) is 9.59 Å². The molecule has 6 nitrogen and oxygen atoms in total. The first kappa shape index (κ1) is 15.7. The van der Waals surface area contributed by atoms with Crippen molar-refractivity contribution in [2.45, 2.75) is 31.3 Å². The summed E-state index contributed by atoms with van der Waals surface area (Å²) >= 11 is 0. The maximum Gasteiger partial charge on any atom is 0.270 e. The van der Waals surface area contributed by atoms with E-state index in [-0.39, 0.29) is 24.0 Å². The van der Waals surface area contributed by atoms with Gasteiger partial charge in [0.25, 0.3) is 5.91 Å². The van der Waals surface area contributed by atoms with Gasteiger partial charge in [-0.1, -0.05) is 0 Å². The second kappa shape index (κ2) is 5.92. The van der Waals surface area contributed by atoms with E-state index >= 15 is 0 Å². The first-order valence-electron chi connectivity index (χ1n) is 8.89. The van der Waals surface area contributed by atoms with E-state index in [4.69, 9.17) is 4.74 Å². The van der Waals surface area contributed by atoms with Crippen LogP contribution in [-0.4, -0.2) is 64.6 Å². The van der Waals surface area contributed by atoms with Gasteiger partial charge in [0.2, 0.25) is 5.91 Å². The quantitative estimate of drug-likeness (QED) is 0.838. The number of hydrogen-bond donors (Lipinski definition) is 0. The van der Waals surface area contributed by atoms with Crippen molar-refractivity contribution in [3.05, 3.63) is 24.0 Å². The number of carbonyl (C=O) groups is 2. The molecule has 24 heavy (non-hydrogen) atoms. The molecule has 1 spiro atoms. The predicted molar refractivity (Wildman–Crippen MR) is 88.5 cm³/mol. The summed E-state index contributed by atoms with van der Waals surface area (Å²) in [6.07, 6.45) is 5.99. The fraction of sp³-hybridized carbons (Fsp3) is 0.667. The Morgan fingerprint density at radius 1 is 1.33 bits per heavy atom. The number of aromatic nitrogens is 1. The molecule has 4 rings (SSSR count). The smallest absolute Gasteiger partial charge is 0.270 e. The van der Waals surface area contributed by atoms with Crippen molar-refractivity contribution in [3.63, 3.8) is 0 Å². The topological polar surface area (TPSA) is 54.8 Å². The molecule has 0 N–H and O–H groups in total. The molecular weight excluding hydrogens is 306 g/mol. The molecule has 6 heteroatoms. The van der Waals surface area contributed by atoms with Gasteiger partial charge in [0.05, 0.1) is 5.60 Å². The van der Waals surface area contributed by atoms with Gasteiger partial charge in [0.15, 0.2) is 0 Å². The van der Waals surface area contributed by atoms with Crippen LogP contribution in [0.5, 0.6) is 0 Å². The van der Waals surface area contributed by atoms with Crippen LogP contribution in [0.4, 0.5) is 0 Å². The van der Waals surface area contributed by atoms with Crippen molar-refractivity contribution < 1.29 is 14.3 Å². The van der Waals surface area contributed by atoms with Crippen LogP contribution in [-0.2, 0) is 16.6 Å². The Hall–Kier alpha value is -1.82. The van der Waals surface area contributed by atoms with Crippen LogP contribution in [0.2, 0.25) is 0 Å². The minimum absolute atomic E-state index is 0.0825. The molecule has 1 aliphatic carbocycles. The number of rotatable bonds is 3. The molecule has 2 aliphatic heterocycles. The Kier molecular flexibility index (Phi) is 3.87. The van der Waals surface area contributed by atoms with Crippen LogP contribution < -0.4 is 0 Å². The van der Waals surface area contributed by atoms with E-state index in [1.54, 1.807) is 0 Å². The molecular formula is C18H25N3O3. The standard InChI is InChI=1S/C18H25N3O3/c1-19-8-2-3-15(19)17(23)20-9-6-18(7-10-20)13-21(11-14-4-5-14)16(22)12-24-18/h2-3,8,14H,4-7,9-13H2,1H3. The first-order chi connectivity index (χ1) is 11.6. The number of amides is 2. The van der Waals surface area contributed by atoms with Gasteiger partial charge in [-0.2, -0.15) is 0 Å². The second-order valence-electron chi connectivity index (χ2n) is 7.49. The number of aryl methyl sites for hydroxylation is 1. The van der Waals surface area contributed by atoms with Crippen molar-refractivity contribution in [2.24, 2.45) is 13.0 Å². The third-order valence-electron chi connectivity index (χ3n) is 5.63. The van der Waals surface area contributed by atoms with E-state index in [1.807, 2.05) is 39.7 Å². The Bertz CT molecular complexity index is 642. The zero-order chi connectivity index (χ0) is 16.7. The van der Waals surface area contributed by atoms with Gasteiger partial charge in [0.1, 0.15) is 12.3 Å². The number of nitrogens with zero attached hydrogens (tertiary/aromatic N) is 3. The summed E-state index contributed by atoms with van der Waals surface area (Å²) in [5.41, 5.74) is 0.467. The van der Waals surface area contributed by atoms with Gasteiger partial charge in [0, 0.05) is 39.4 Å². The molecule has 1 saturated carbocycles. The summed E-state index contributed by atoms with van der Waals surface area (Å²) in [6, 6.07) is 3.75. The number of ether oxygens (including phenoxy) is 1. The van der Waals surface area contributed by atoms with Crippen molar-refractivity contribution in [3.8, 4) is 0 Å². The highest BCUT2D eigenvalue weighted by Gasteiger charge is 2.44. The molecule has 130 valence electrons. The van der Waals surface area contributed by atoms with Crippen molar-refractivity contribution >= 4 is 11.8 Å². The molecule has 2 saturated heterocycles. The third-order valence-corrected chi connectivity index (χ3v) is 5.63. The van der Waals surface area contributed by atoms with Crippen LogP contribution in [0.1, 0.15) is 36.2 Å². The number of hydrogen-bond acceptors (Lipinski definition) is 3. The van der Waals surface area contributed by atoms with E-state index in [0.29, 0.717) is 25.6 Å². The molecule has 0 radical (unpaired) electrons. The molecule has 3 aliphatic rings. The van der Waals surface area contributed by atoms with Crippen molar-refractivity contribution in [2.75, 3.05) is 32.8 Å². The molecule has 3 fully saturated rings. The van der Waals surface area contributed by atoms with Gasteiger partial charge < -0.3 is 19.1 Å². The summed E-state index contributed by atoms with van der Waals surface area (Å²) in [7, 11) is 1.89. The summed E-state index contributed by atoms with van der Waals surface area (Å²) < 4.78 is 7.82. The largest absolute Gasteiger partial charge is 0.363 e. The molecule has 0 atom stereocenters. The SMILES string of the molecule is Cn1cccc1C(=O)N1CCC2(CC1)CN(CC1CC1)C(=O)CO2. The van der Waals surface area contributed by atoms with Gasteiger partial charge in [-0.05, 0) is 43.7 Å². The highest BCUT2D eigenvalue weighted by atomic mass is 16.5. The highest BCUT2D eigenvalue weighted by Crippen LogP contribution is 2.35. The molecule has 2 amide bonds. The second-order valence-corrected chi connectivity index (χ2v) is 7.49. The minimum atomic E-state index is -0.256. The van der Waals surface area contributed by atoms with E-state index < -0.39 is 0 Å². The molecule has 0 unspecified atom stereocenters. The summed E-state index contributed by atoms with van der Waals surface area (Å²) in [6.45, 7) is 3.15. The van der Waals surface area contributed by atoms with Crippen LogP contribution in [0.3, 0.4) is 0 Å². The lowest BCUT2D eigenvalue weighted by atomic mass is 9.89. The molecule has 0 bridgehead atoms. The Morgan fingerprint density at radius 3 is 2.71 bits per heavy atom. The maximum atomic E-state index is 12.6. The monoisotopic (exact) mass is 331 g/mol.